The largest absolute Gasteiger partial charge is 0.465 e. The number of piperidine rings is 2. The van der Waals surface area contributed by atoms with Crippen molar-refractivity contribution in [2.45, 2.75) is 58.0 Å². The second-order valence-electron chi connectivity index (χ2n) is 10.7. The minimum absolute atomic E-state index is 0.0329. The fourth-order valence-corrected chi connectivity index (χ4v) is 7.14. The van der Waals surface area contributed by atoms with Crippen LogP contribution in [-0.2, 0) is 9.59 Å². The molecule has 11 heteroatoms. The van der Waals surface area contributed by atoms with Crippen LogP contribution in [0.5, 0.6) is 0 Å². The first-order chi connectivity index (χ1) is 18.2. The summed E-state index contributed by atoms with van der Waals surface area (Å²) in [5.74, 6) is -0.307. The van der Waals surface area contributed by atoms with Gasteiger partial charge in [0.25, 0.3) is 5.91 Å². The van der Waals surface area contributed by atoms with E-state index in [2.05, 4.69) is 15.2 Å². The number of carbonyl (C=O) groups is 4. The van der Waals surface area contributed by atoms with E-state index in [-0.39, 0.29) is 36.2 Å². The number of thiophene rings is 1. The van der Waals surface area contributed by atoms with E-state index in [9.17, 15) is 24.3 Å². The van der Waals surface area contributed by atoms with Gasteiger partial charge in [-0.15, -0.1) is 11.3 Å². The third-order valence-electron chi connectivity index (χ3n) is 7.92. The quantitative estimate of drug-likeness (QED) is 0.555. The Balaban J connectivity index is 1.26. The Labute approximate surface area is 225 Å². The summed E-state index contributed by atoms with van der Waals surface area (Å²) in [6, 6.07) is 7.28. The second-order valence-corrected chi connectivity index (χ2v) is 11.8. The van der Waals surface area contributed by atoms with Crippen molar-refractivity contribution in [3.63, 3.8) is 0 Å². The maximum atomic E-state index is 13.5. The molecule has 38 heavy (non-hydrogen) atoms. The van der Waals surface area contributed by atoms with E-state index in [1.807, 2.05) is 26.0 Å². The van der Waals surface area contributed by atoms with Crippen molar-refractivity contribution in [1.82, 2.24) is 19.7 Å². The third kappa shape index (κ3) is 4.92. The molecule has 3 saturated heterocycles. The number of imide groups is 1. The monoisotopic (exact) mass is 539 g/mol. The van der Waals surface area contributed by atoms with Gasteiger partial charge in [-0.2, -0.15) is 0 Å². The highest BCUT2D eigenvalue weighted by Crippen LogP contribution is 2.43. The summed E-state index contributed by atoms with van der Waals surface area (Å²) in [5.41, 5.74) is 0.388. The predicted molar refractivity (Wildman–Crippen MR) is 143 cm³/mol. The lowest BCUT2D eigenvalue weighted by molar-refractivity contribution is -0.145. The summed E-state index contributed by atoms with van der Waals surface area (Å²) in [6.45, 7) is 6.31. The Morgan fingerprint density at radius 2 is 1.95 bits per heavy atom. The molecule has 1 unspecified atom stereocenters. The van der Waals surface area contributed by atoms with E-state index >= 15 is 0 Å². The van der Waals surface area contributed by atoms with Gasteiger partial charge in [-0.3, -0.25) is 34.5 Å². The van der Waals surface area contributed by atoms with Crippen molar-refractivity contribution in [2.75, 3.05) is 31.5 Å². The molecule has 2 N–H and O–H groups in total. The fraction of sp³-hybridized carbons (Fsp3) is 0.519. The molecule has 10 nitrogen and oxygen atoms in total. The van der Waals surface area contributed by atoms with Crippen LogP contribution in [0.3, 0.4) is 0 Å². The normalized spacial score (nSPS) is 23.0. The molecule has 202 valence electrons. The highest BCUT2D eigenvalue weighted by Gasteiger charge is 2.54. The minimum atomic E-state index is -1.22. The molecule has 1 atom stereocenters. The SMILES string of the molecule is CC(C)N1C(=O)CC2(CCCN(C3CCN(C(=O)c4cc(-c5ccccn5)sc4NC(=O)O)CC3)C2)C1=O. The predicted octanol–water partition coefficient (Wildman–Crippen LogP) is 3.75. The first-order valence-electron chi connectivity index (χ1n) is 13.1. The summed E-state index contributed by atoms with van der Waals surface area (Å²) in [7, 11) is 0. The van der Waals surface area contributed by atoms with Gasteiger partial charge >= 0.3 is 6.09 Å². The van der Waals surface area contributed by atoms with E-state index in [0.717, 1.165) is 37.1 Å². The molecular weight excluding hydrogens is 506 g/mol. The van der Waals surface area contributed by atoms with Crippen molar-refractivity contribution in [2.24, 2.45) is 5.41 Å². The number of hydrogen-bond acceptors (Lipinski definition) is 7. The van der Waals surface area contributed by atoms with Crippen LogP contribution in [0.1, 0.15) is 56.3 Å². The number of aromatic nitrogens is 1. The van der Waals surface area contributed by atoms with Crippen LogP contribution in [0, 0.1) is 5.41 Å². The fourth-order valence-electron chi connectivity index (χ4n) is 6.12. The van der Waals surface area contributed by atoms with Crippen LogP contribution in [0.15, 0.2) is 30.5 Å². The number of pyridine rings is 1. The van der Waals surface area contributed by atoms with Gasteiger partial charge in [0, 0.05) is 44.3 Å². The van der Waals surface area contributed by atoms with Gasteiger partial charge in [-0.25, -0.2) is 4.79 Å². The van der Waals surface area contributed by atoms with Crippen molar-refractivity contribution < 1.29 is 24.3 Å². The maximum Gasteiger partial charge on any atom is 0.409 e. The van der Waals surface area contributed by atoms with Gasteiger partial charge in [0.2, 0.25) is 11.8 Å². The summed E-state index contributed by atoms with van der Waals surface area (Å²) >= 11 is 1.20. The summed E-state index contributed by atoms with van der Waals surface area (Å²) < 4.78 is 0. The van der Waals surface area contributed by atoms with Gasteiger partial charge in [0.15, 0.2) is 0 Å². The van der Waals surface area contributed by atoms with Crippen molar-refractivity contribution in [3.05, 3.63) is 36.0 Å². The number of anilines is 1. The Morgan fingerprint density at radius 3 is 2.58 bits per heavy atom. The maximum absolute atomic E-state index is 13.5. The van der Waals surface area contributed by atoms with Crippen molar-refractivity contribution >= 4 is 40.2 Å². The molecule has 0 bridgehead atoms. The smallest absolute Gasteiger partial charge is 0.409 e. The molecule has 5 rings (SSSR count). The Morgan fingerprint density at radius 1 is 1.18 bits per heavy atom. The lowest BCUT2D eigenvalue weighted by atomic mass is 9.77. The molecule has 3 aliphatic rings. The van der Waals surface area contributed by atoms with Crippen LogP contribution in [-0.4, -0.2) is 86.9 Å². The van der Waals surface area contributed by atoms with E-state index in [1.165, 1.54) is 16.2 Å². The standard InChI is InChI=1S/C27H33N5O5S/c1-17(2)32-22(33)15-27(25(32)35)9-5-11-31(16-27)18-7-12-30(13-8-18)24(34)19-14-21(20-6-3-4-10-28-20)38-23(19)29-26(36)37/h3-4,6,10,14,17-18,29H,5,7-9,11-13,15-16H2,1-2H3,(H,36,37). The van der Waals surface area contributed by atoms with Crippen LogP contribution in [0.2, 0.25) is 0 Å². The Kier molecular flexibility index (Phi) is 7.23. The molecule has 0 radical (unpaired) electrons. The Bertz CT molecular complexity index is 1240. The van der Waals surface area contributed by atoms with Gasteiger partial charge in [0.05, 0.1) is 21.5 Å². The average Bonchev–Trinajstić information content (AvgIpc) is 3.41. The topological polar surface area (TPSA) is 123 Å². The van der Waals surface area contributed by atoms with Crippen molar-refractivity contribution in [1.29, 1.82) is 0 Å². The number of amides is 4. The molecule has 2 aromatic rings. The van der Waals surface area contributed by atoms with Gasteiger partial charge in [-0.05, 0) is 64.3 Å². The molecule has 3 fully saturated rings. The summed E-state index contributed by atoms with van der Waals surface area (Å²) in [5, 5.41) is 12.0. The zero-order valence-corrected chi connectivity index (χ0v) is 22.5. The number of nitrogens with zero attached hydrogens (tertiary/aromatic N) is 4. The molecule has 4 amide bonds. The number of carbonyl (C=O) groups excluding carboxylic acids is 3. The molecule has 1 spiro atoms. The summed E-state index contributed by atoms with van der Waals surface area (Å²) in [6.07, 6.45) is 3.86. The first-order valence-corrected chi connectivity index (χ1v) is 14.0. The molecule has 5 heterocycles. The molecule has 0 saturated carbocycles. The van der Waals surface area contributed by atoms with Crippen LogP contribution >= 0.6 is 11.3 Å². The summed E-state index contributed by atoms with van der Waals surface area (Å²) in [4.78, 5) is 61.4. The molecule has 2 aromatic heterocycles. The highest BCUT2D eigenvalue weighted by molar-refractivity contribution is 7.20. The number of hydrogen-bond donors (Lipinski definition) is 2. The van der Waals surface area contributed by atoms with Crippen LogP contribution in [0.25, 0.3) is 10.6 Å². The first kappa shape index (κ1) is 26.3. The van der Waals surface area contributed by atoms with Crippen LogP contribution < -0.4 is 5.32 Å². The average molecular weight is 540 g/mol. The molecule has 0 aliphatic carbocycles. The van der Waals surface area contributed by atoms with Crippen molar-refractivity contribution in [3.8, 4) is 10.6 Å². The molecular formula is C27H33N5O5S. The number of likely N-dealkylation sites (tertiary alicyclic amines) is 3. The van der Waals surface area contributed by atoms with E-state index in [1.54, 1.807) is 23.2 Å². The van der Waals surface area contributed by atoms with E-state index in [0.29, 0.717) is 35.9 Å². The highest BCUT2D eigenvalue weighted by atomic mass is 32.1. The second kappa shape index (κ2) is 10.5. The van der Waals surface area contributed by atoms with Gasteiger partial charge < -0.3 is 10.0 Å². The van der Waals surface area contributed by atoms with E-state index < -0.39 is 11.5 Å². The number of rotatable bonds is 5. The molecule has 3 aliphatic heterocycles. The lowest BCUT2D eigenvalue weighted by Gasteiger charge is -2.45. The van der Waals surface area contributed by atoms with Crippen LogP contribution in [0.4, 0.5) is 9.80 Å². The third-order valence-corrected chi connectivity index (χ3v) is 8.99. The zero-order chi connectivity index (χ0) is 27.0. The minimum Gasteiger partial charge on any atom is -0.465 e. The number of carboxylic acid groups (broad SMARTS) is 1. The van der Waals surface area contributed by atoms with E-state index in [4.69, 9.17) is 0 Å². The van der Waals surface area contributed by atoms with Gasteiger partial charge in [0.1, 0.15) is 5.00 Å². The Hall–Kier alpha value is -3.31. The lowest BCUT2D eigenvalue weighted by Crippen LogP contribution is -2.54. The number of nitrogens with one attached hydrogen (secondary N) is 1. The van der Waals surface area contributed by atoms with Gasteiger partial charge in [-0.1, -0.05) is 6.07 Å². The zero-order valence-electron chi connectivity index (χ0n) is 21.7. The molecule has 0 aromatic carbocycles.